The van der Waals surface area contributed by atoms with E-state index in [-0.39, 0.29) is 6.03 Å². The summed E-state index contributed by atoms with van der Waals surface area (Å²) in [7, 11) is 1.62. The van der Waals surface area contributed by atoms with Crippen LogP contribution in [-0.2, 0) is 6.54 Å². The zero-order chi connectivity index (χ0) is 18.4. The first-order chi connectivity index (χ1) is 12.7. The number of methoxy groups -OCH3 is 1. The number of ether oxygens (including phenoxy) is 1. The molecule has 5 heteroatoms. The molecule has 26 heavy (non-hydrogen) atoms. The van der Waals surface area contributed by atoms with Gasteiger partial charge in [0.15, 0.2) is 0 Å². The Labute approximate surface area is 153 Å². The Morgan fingerprint density at radius 1 is 0.923 bits per heavy atom. The number of hydrogen-bond acceptors (Lipinski definition) is 3. The van der Waals surface area contributed by atoms with Crippen LogP contribution in [0, 0.1) is 0 Å². The van der Waals surface area contributed by atoms with Crippen LogP contribution in [0.1, 0.15) is 5.56 Å². The topological polar surface area (TPSA) is 67.6 Å². The lowest BCUT2D eigenvalue weighted by Crippen LogP contribution is -2.36. The second-order valence-corrected chi connectivity index (χ2v) is 5.73. The summed E-state index contributed by atoms with van der Waals surface area (Å²) >= 11 is 0. The first kappa shape index (κ1) is 17.4. The lowest BCUT2D eigenvalue weighted by atomic mass is 10.2. The zero-order valence-corrected chi connectivity index (χ0v) is 14.6. The molecule has 0 saturated carbocycles. The van der Waals surface area contributed by atoms with E-state index in [1.807, 2.05) is 66.7 Å². The second-order valence-electron chi connectivity index (χ2n) is 5.73. The SMILES string of the molecule is COc1ccccc1CNC(=O)N(c1ccccc1)c1ccc(N)cc1. The molecule has 5 nitrogen and oxygen atoms in total. The van der Waals surface area contributed by atoms with Gasteiger partial charge < -0.3 is 15.8 Å². The molecule has 3 aromatic carbocycles. The molecule has 0 heterocycles. The highest BCUT2D eigenvalue weighted by Gasteiger charge is 2.18. The molecular formula is C21H21N3O2. The van der Waals surface area contributed by atoms with E-state index in [4.69, 9.17) is 10.5 Å². The average molecular weight is 347 g/mol. The summed E-state index contributed by atoms with van der Waals surface area (Å²) in [6.45, 7) is 0.362. The summed E-state index contributed by atoms with van der Waals surface area (Å²) in [6, 6.07) is 24.1. The molecule has 0 aromatic heterocycles. The summed E-state index contributed by atoms with van der Waals surface area (Å²) in [5, 5.41) is 2.96. The summed E-state index contributed by atoms with van der Waals surface area (Å²) in [5.41, 5.74) is 8.85. The summed E-state index contributed by atoms with van der Waals surface area (Å²) < 4.78 is 5.34. The fourth-order valence-corrected chi connectivity index (χ4v) is 2.68. The van der Waals surface area contributed by atoms with E-state index >= 15 is 0 Å². The van der Waals surface area contributed by atoms with Gasteiger partial charge in [0.1, 0.15) is 5.75 Å². The molecule has 3 aromatic rings. The van der Waals surface area contributed by atoms with Crippen LogP contribution in [0.3, 0.4) is 0 Å². The normalized spacial score (nSPS) is 10.2. The predicted molar refractivity (Wildman–Crippen MR) is 105 cm³/mol. The van der Waals surface area contributed by atoms with Crippen molar-refractivity contribution in [2.75, 3.05) is 17.7 Å². The third-order valence-electron chi connectivity index (χ3n) is 3.99. The van der Waals surface area contributed by atoms with Crippen LogP contribution >= 0.6 is 0 Å². The first-order valence-corrected chi connectivity index (χ1v) is 8.29. The zero-order valence-electron chi connectivity index (χ0n) is 14.6. The smallest absolute Gasteiger partial charge is 0.326 e. The Hall–Kier alpha value is -3.47. The van der Waals surface area contributed by atoms with Crippen molar-refractivity contribution < 1.29 is 9.53 Å². The van der Waals surface area contributed by atoms with E-state index in [0.29, 0.717) is 12.2 Å². The van der Waals surface area contributed by atoms with Crippen LogP contribution < -0.4 is 20.7 Å². The number of hydrogen-bond donors (Lipinski definition) is 2. The van der Waals surface area contributed by atoms with Gasteiger partial charge in [0, 0.05) is 17.8 Å². The minimum Gasteiger partial charge on any atom is -0.496 e. The number of benzene rings is 3. The predicted octanol–water partition coefficient (Wildman–Crippen LogP) is 4.33. The number of anilines is 3. The molecule has 0 aliphatic heterocycles. The summed E-state index contributed by atoms with van der Waals surface area (Å²) in [6.07, 6.45) is 0. The van der Waals surface area contributed by atoms with Gasteiger partial charge >= 0.3 is 6.03 Å². The third-order valence-corrected chi connectivity index (χ3v) is 3.99. The number of amides is 2. The Balaban J connectivity index is 1.84. The summed E-state index contributed by atoms with van der Waals surface area (Å²) in [5.74, 6) is 0.742. The molecule has 0 aliphatic rings. The number of nitrogens with one attached hydrogen (secondary N) is 1. The van der Waals surface area contributed by atoms with Gasteiger partial charge in [-0.15, -0.1) is 0 Å². The monoisotopic (exact) mass is 347 g/mol. The Morgan fingerprint density at radius 3 is 2.23 bits per heavy atom. The lowest BCUT2D eigenvalue weighted by molar-refractivity contribution is 0.248. The number of para-hydroxylation sites is 2. The van der Waals surface area contributed by atoms with Gasteiger partial charge in [-0.1, -0.05) is 36.4 Å². The molecule has 0 unspecified atom stereocenters. The number of nitrogens with two attached hydrogens (primary N) is 1. The third kappa shape index (κ3) is 3.95. The highest BCUT2D eigenvalue weighted by atomic mass is 16.5. The molecule has 0 atom stereocenters. The van der Waals surface area contributed by atoms with Gasteiger partial charge in [-0.3, -0.25) is 4.90 Å². The van der Waals surface area contributed by atoms with E-state index in [1.165, 1.54) is 0 Å². The van der Waals surface area contributed by atoms with Crippen LogP contribution in [-0.4, -0.2) is 13.1 Å². The van der Waals surface area contributed by atoms with Gasteiger partial charge in [-0.25, -0.2) is 4.79 Å². The first-order valence-electron chi connectivity index (χ1n) is 8.29. The molecule has 0 radical (unpaired) electrons. The fourth-order valence-electron chi connectivity index (χ4n) is 2.68. The van der Waals surface area contributed by atoms with Gasteiger partial charge in [-0.05, 0) is 42.5 Å². The van der Waals surface area contributed by atoms with E-state index in [0.717, 1.165) is 22.7 Å². The highest BCUT2D eigenvalue weighted by molar-refractivity contribution is 5.99. The molecule has 0 spiro atoms. The fraction of sp³-hybridized carbons (Fsp3) is 0.0952. The highest BCUT2D eigenvalue weighted by Crippen LogP contribution is 2.26. The molecule has 3 rings (SSSR count). The van der Waals surface area contributed by atoms with Gasteiger partial charge in [0.2, 0.25) is 0 Å². The van der Waals surface area contributed by atoms with Crippen molar-refractivity contribution in [2.45, 2.75) is 6.54 Å². The molecule has 0 fully saturated rings. The van der Waals surface area contributed by atoms with Gasteiger partial charge in [0.05, 0.1) is 18.5 Å². The van der Waals surface area contributed by atoms with Crippen molar-refractivity contribution in [3.63, 3.8) is 0 Å². The minimum absolute atomic E-state index is 0.230. The quantitative estimate of drug-likeness (QED) is 0.675. The van der Waals surface area contributed by atoms with Crippen LogP contribution in [0.4, 0.5) is 21.9 Å². The molecule has 3 N–H and O–H groups in total. The standard InChI is InChI=1S/C21H21N3O2/c1-26-20-10-6-5-7-16(20)15-23-21(25)24(18-8-3-2-4-9-18)19-13-11-17(22)12-14-19/h2-14H,15,22H2,1H3,(H,23,25). The largest absolute Gasteiger partial charge is 0.496 e. The number of urea groups is 1. The Kier molecular flexibility index (Phi) is 5.39. The molecule has 0 saturated heterocycles. The van der Waals surface area contributed by atoms with Crippen molar-refractivity contribution in [2.24, 2.45) is 0 Å². The molecule has 132 valence electrons. The number of carbonyl (C=O) groups is 1. The number of nitrogens with zero attached hydrogens (tertiary/aromatic N) is 1. The van der Waals surface area contributed by atoms with Crippen molar-refractivity contribution >= 4 is 23.1 Å². The van der Waals surface area contributed by atoms with Crippen molar-refractivity contribution in [1.82, 2.24) is 5.32 Å². The minimum atomic E-state index is -0.230. The van der Waals surface area contributed by atoms with Crippen molar-refractivity contribution in [3.05, 3.63) is 84.4 Å². The van der Waals surface area contributed by atoms with Crippen molar-refractivity contribution in [1.29, 1.82) is 0 Å². The maximum Gasteiger partial charge on any atom is 0.326 e. The van der Waals surface area contributed by atoms with Crippen LogP contribution in [0.25, 0.3) is 0 Å². The maximum absolute atomic E-state index is 12.9. The molecule has 2 amide bonds. The molecular weight excluding hydrogens is 326 g/mol. The molecule has 0 aliphatic carbocycles. The number of rotatable bonds is 5. The van der Waals surface area contributed by atoms with Gasteiger partial charge in [0.25, 0.3) is 0 Å². The Morgan fingerprint density at radius 2 is 1.54 bits per heavy atom. The van der Waals surface area contributed by atoms with Crippen molar-refractivity contribution in [3.8, 4) is 5.75 Å². The van der Waals surface area contributed by atoms with Crippen LogP contribution in [0.2, 0.25) is 0 Å². The van der Waals surface area contributed by atoms with E-state index in [1.54, 1.807) is 24.1 Å². The number of nitrogen functional groups attached to an aromatic ring is 1. The lowest BCUT2D eigenvalue weighted by Gasteiger charge is -2.24. The number of carbonyl (C=O) groups excluding carboxylic acids is 1. The maximum atomic E-state index is 12.9. The second kappa shape index (κ2) is 8.07. The summed E-state index contributed by atoms with van der Waals surface area (Å²) in [4.78, 5) is 14.6. The van der Waals surface area contributed by atoms with E-state index < -0.39 is 0 Å². The van der Waals surface area contributed by atoms with Gasteiger partial charge in [-0.2, -0.15) is 0 Å². The van der Waals surface area contributed by atoms with E-state index in [2.05, 4.69) is 5.32 Å². The van der Waals surface area contributed by atoms with E-state index in [9.17, 15) is 4.79 Å². The molecule has 0 bridgehead atoms. The van der Waals surface area contributed by atoms with Crippen LogP contribution in [0.5, 0.6) is 5.75 Å². The van der Waals surface area contributed by atoms with Crippen LogP contribution in [0.15, 0.2) is 78.9 Å². The Bertz CT molecular complexity index is 864. The average Bonchev–Trinajstić information content (AvgIpc) is 2.69.